The standard InChI is InChI=1S/C25H17N5O5/c31-23-20(28-25(33)29-23)12-14-5-4-8-16(11-14)26-22(15-6-2-1-3-7-15)21-18-13-17(30(34)35)9-10-19(18)27-24(21)32/h1-13,21H,(H,27,32)(H2,28,29,31,33). The highest BCUT2D eigenvalue weighted by Crippen LogP contribution is 2.38. The van der Waals surface area contributed by atoms with E-state index in [4.69, 9.17) is 4.99 Å². The first-order valence-electron chi connectivity index (χ1n) is 10.6. The van der Waals surface area contributed by atoms with Gasteiger partial charge in [-0.2, -0.15) is 0 Å². The lowest BCUT2D eigenvalue weighted by molar-refractivity contribution is -0.384. The number of nitrogens with zero attached hydrogens (tertiary/aromatic N) is 2. The van der Waals surface area contributed by atoms with E-state index in [1.807, 2.05) is 30.3 Å². The number of anilines is 1. The minimum Gasteiger partial charge on any atom is -0.325 e. The lowest BCUT2D eigenvalue weighted by atomic mass is 9.90. The van der Waals surface area contributed by atoms with Crippen molar-refractivity contribution in [1.82, 2.24) is 10.6 Å². The van der Waals surface area contributed by atoms with E-state index >= 15 is 0 Å². The van der Waals surface area contributed by atoms with Crippen molar-refractivity contribution in [2.45, 2.75) is 5.92 Å². The summed E-state index contributed by atoms with van der Waals surface area (Å²) in [7, 11) is 0. The molecular weight excluding hydrogens is 450 g/mol. The van der Waals surface area contributed by atoms with Crippen molar-refractivity contribution in [3.8, 4) is 0 Å². The number of hydrogen-bond donors (Lipinski definition) is 3. The Kier molecular flexibility index (Phi) is 5.38. The fraction of sp³-hybridized carbons (Fsp3) is 0.0400. The molecule has 35 heavy (non-hydrogen) atoms. The van der Waals surface area contributed by atoms with Gasteiger partial charge in [-0.15, -0.1) is 0 Å². The molecule has 5 rings (SSSR count). The first-order chi connectivity index (χ1) is 16.9. The van der Waals surface area contributed by atoms with Gasteiger partial charge < -0.3 is 10.6 Å². The van der Waals surface area contributed by atoms with Crippen LogP contribution in [-0.4, -0.2) is 28.5 Å². The Hall–Kier alpha value is -5.12. The SMILES string of the molecule is O=C1NC(=O)C(=Cc2cccc(N=C(c3ccccc3)C3C(=O)Nc4ccc([N+](=O)[O-])cc43)c2)N1. The Morgan fingerprint density at radius 3 is 2.43 bits per heavy atom. The molecule has 2 aliphatic heterocycles. The smallest absolute Gasteiger partial charge is 0.325 e. The van der Waals surface area contributed by atoms with Crippen molar-refractivity contribution in [3.63, 3.8) is 0 Å². The Balaban J connectivity index is 1.61. The summed E-state index contributed by atoms with van der Waals surface area (Å²) < 4.78 is 0. The minimum absolute atomic E-state index is 0.107. The molecular formula is C25H17N5O5. The molecule has 4 amide bonds. The van der Waals surface area contributed by atoms with Gasteiger partial charge in [0.15, 0.2) is 0 Å². The van der Waals surface area contributed by atoms with Gasteiger partial charge in [-0.3, -0.25) is 30.0 Å². The summed E-state index contributed by atoms with van der Waals surface area (Å²) in [6.45, 7) is 0. The maximum absolute atomic E-state index is 13.0. The maximum Gasteiger partial charge on any atom is 0.326 e. The number of carbonyl (C=O) groups is 3. The highest BCUT2D eigenvalue weighted by molar-refractivity contribution is 6.24. The number of non-ortho nitro benzene ring substituents is 1. The zero-order valence-corrected chi connectivity index (χ0v) is 18.0. The van der Waals surface area contributed by atoms with E-state index in [0.29, 0.717) is 33.8 Å². The third kappa shape index (κ3) is 4.27. The van der Waals surface area contributed by atoms with Gasteiger partial charge >= 0.3 is 6.03 Å². The first-order valence-corrected chi connectivity index (χ1v) is 10.6. The van der Waals surface area contributed by atoms with Gasteiger partial charge in [0.25, 0.3) is 11.6 Å². The second-order valence-corrected chi connectivity index (χ2v) is 7.88. The summed E-state index contributed by atoms with van der Waals surface area (Å²) in [5.41, 5.74) is 3.15. The van der Waals surface area contributed by atoms with Crippen molar-refractivity contribution in [3.05, 3.63) is 105 Å². The number of nitrogens with one attached hydrogen (secondary N) is 3. The van der Waals surface area contributed by atoms with Crippen molar-refractivity contribution < 1.29 is 19.3 Å². The van der Waals surface area contributed by atoms with Gasteiger partial charge in [0.05, 0.1) is 16.3 Å². The molecule has 1 atom stereocenters. The molecule has 0 aliphatic carbocycles. The first kappa shape index (κ1) is 21.7. The van der Waals surface area contributed by atoms with Crippen LogP contribution in [0, 0.1) is 10.1 Å². The molecule has 1 unspecified atom stereocenters. The van der Waals surface area contributed by atoms with Crippen LogP contribution in [0.1, 0.15) is 22.6 Å². The molecule has 0 bridgehead atoms. The molecule has 3 N–H and O–H groups in total. The summed E-state index contributed by atoms with van der Waals surface area (Å²) in [5.74, 6) is -1.74. The molecule has 0 radical (unpaired) electrons. The van der Waals surface area contributed by atoms with Crippen LogP contribution in [0.15, 0.2) is 83.5 Å². The van der Waals surface area contributed by atoms with E-state index in [9.17, 15) is 24.5 Å². The third-order valence-corrected chi connectivity index (χ3v) is 5.57. The molecule has 0 saturated carbocycles. The van der Waals surface area contributed by atoms with E-state index in [2.05, 4.69) is 16.0 Å². The number of carbonyl (C=O) groups excluding carboxylic acids is 3. The fourth-order valence-corrected chi connectivity index (χ4v) is 4.01. The topological polar surface area (TPSA) is 143 Å². The Morgan fingerprint density at radius 1 is 0.914 bits per heavy atom. The second kappa shape index (κ2) is 8.67. The average Bonchev–Trinajstić information content (AvgIpc) is 3.34. The number of fused-ring (bicyclic) bond motifs is 1. The minimum atomic E-state index is -0.866. The van der Waals surface area contributed by atoms with Gasteiger partial charge in [0.2, 0.25) is 5.91 Å². The van der Waals surface area contributed by atoms with Gasteiger partial charge in [0.1, 0.15) is 11.6 Å². The van der Waals surface area contributed by atoms with Gasteiger partial charge in [-0.25, -0.2) is 4.79 Å². The highest BCUT2D eigenvalue weighted by atomic mass is 16.6. The Morgan fingerprint density at radius 2 is 1.71 bits per heavy atom. The molecule has 0 aromatic heterocycles. The molecule has 3 aromatic carbocycles. The van der Waals surface area contributed by atoms with Crippen LogP contribution < -0.4 is 16.0 Å². The molecule has 3 aromatic rings. The van der Waals surface area contributed by atoms with Crippen LogP contribution in [0.4, 0.5) is 21.9 Å². The summed E-state index contributed by atoms with van der Waals surface area (Å²) in [6, 6.07) is 19.7. The zero-order chi connectivity index (χ0) is 24.5. The number of hydrogen-bond acceptors (Lipinski definition) is 6. The molecule has 172 valence electrons. The molecule has 2 aliphatic rings. The lowest BCUT2D eigenvalue weighted by Crippen LogP contribution is -2.22. The van der Waals surface area contributed by atoms with Crippen LogP contribution in [0.2, 0.25) is 0 Å². The third-order valence-electron chi connectivity index (χ3n) is 5.57. The summed E-state index contributed by atoms with van der Waals surface area (Å²) in [5, 5.41) is 18.7. The number of amides is 4. The summed E-state index contributed by atoms with van der Waals surface area (Å²) in [6.07, 6.45) is 1.52. The van der Waals surface area contributed by atoms with Crippen LogP contribution in [0.25, 0.3) is 6.08 Å². The van der Waals surface area contributed by atoms with Gasteiger partial charge in [-0.1, -0.05) is 42.5 Å². The van der Waals surface area contributed by atoms with E-state index in [1.54, 1.807) is 24.3 Å². The molecule has 10 heteroatoms. The zero-order valence-electron chi connectivity index (χ0n) is 18.0. The van der Waals surface area contributed by atoms with Crippen molar-refractivity contribution in [2.75, 3.05) is 5.32 Å². The quantitative estimate of drug-likeness (QED) is 0.173. The lowest BCUT2D eigenvalue weighted by Gasteiger charge is -2.14. The van der Waals surface area contributed by atoms with Gasteiger partial charge in [-0.05, 0) is 35.4 Å². The molecule has 1 saturated heterocycles. The number of rotatable bonds is 5. The molecule has 1 fully saturated rings. The number of benzene rings is 3. The molecule has 2 heterocycles. The highest BCUT2D eigenvalue weighted by Gasteiger charge is 2.36. The maximum atomic E-state index is 13.0. The van der Waals surface area contributed by atoms with Crippen molar-refractivity contribution in [2.24, 2.45) is 4.99 Å². The Labute approximate surface area is 198 Å². The number of urea groups is 1. The van der Waals surface area contributed by atoms with E-state index in [0.717, 1.165) is 0 Å². The second-order valence-electron chi connectivity index (χ2n) is 7.88. The van der Waals surface area contributed by atoms with Crippen molar-refractivity contribution in [1.29, 1.82) is 0 Å². The normalized spacial score (nSPS) is 18.2. The number of aliphatic imine (C=N–C) groups is 1. The van der Waals surface area contributed by atoms with Gasteiger partial charge in [0, 0.05) is 23.4 Å². The Bertz CT molecular complexity index is 1460. The predicted octanol–water partition coefficient (Wildman–Crippen LogP) is 3.63. The summed E-state index contributed by atoms with van der Waals surface area (Å²) >= 11 is 0. The molecule has 0 spiro atoms. The summed E-state index contributed by atoms with van der Waals surface area (Å²) in [4.78, 5) is 51.9. The van der Waals surface area contributed by atoms with E-state index in [1.165, 1.54) is 24.3 Å². The number of nitro groups is 1. The van der Waals surface area contributed by atoms with Crippen LogP contribution in [0.3, 0.4) is 0 Å². The van der Waals surface area contributed by atoms with Crippen molar-refractivity contribution >= 4 is 46.7 Å². The van der Waals surface area contributed by atoms with E-state index in [-0.39, 0.29) is 17.3 Å². The number of imide groups is 1. The largest absolute Gasteiger partial charge is 0.326 e. The fourth-order valence-electron chi connectivity index (χ4n) is 4.01. The predicted molar refractivity (Wildman–Crippen MR) is 128 cm³/mol. The van der Waals surface area contributed by atoms with Crippen LogP contribution >= 0.6 is 0 Å². The average molecular weight is 467 g/mol. The van der Waals surface area contributed by atoms with E-state index < -0.39 is 22.8 Å². The number of nitro benzene ring substituents is 1. The monoisotopic (exact) mass is 467 g/mol. The van der Waals surface area contributed by atoms with Crippen LogP contribution in [0.5, 0.6) is 0 Å². The van der Waals surface area contributed by atoms with Crippen LogP contribution in [-0.2, 0) is 9.59 Å². The molecule has 10 nitrogen and oxygen atoms in total.